The molecule has 0 radical (unpaired) electrons. The molecule has 0 saturated carbocycles. The van der Waals surface area contributed by atoms with E-state index in [1.54, 1.807) is 0 Å². The van der Waals surface area contributed by atoms with Crippen LogP contribution in [0.15, 0.2) is 134 Å². The number of hydrogen-bond donors (Lipinski definition) is 0. The minimum atomic E-state index is -0.817. The summed E-state index contributed by atoms with van der Waals surface area (Å²) >= 11 is 0. The van der Waals surface area contributed by atoms with Crippen LogP contribution in [0.5, 0.6) is 0 Å². The third-order valence-electron chi connectivity index (χ3n) is 14.1. The first-order valence-corrected chi connectivity index (χ1v) is 33.7. The highest BCUT2D eigenvalue weighted by Gasteiger charge is 2.19. The zero-order valence-corrected chi connectivity index (χ0v) is 52.8. The maximum absolute atomic E-state index is 12.9. The number of ether oxygens (including phenoxy) is 3. The van der Waals surface area contributed by atoms with Gasteiger partial charge in [0.05, 0.1) is 0 Å². The molecule has 0 aliphatic carbocycles. The van der Waals surface area contributed by atoms with Crippen LogP contribution in [0.4, 0.5) is 0 Å². The standard InChI is InChI=1S/C75H124O6/c1-4-7-10-13-16-19-22-25-27-29-31-33-35-36-37-38-40-41-43-45-47-50-53-56-59-62-65-68-74(77)80-71-72(70-79-73(76)67-64-61-58-55-52-49-24-21-18-15-12-9-6-3)81-75(78)69-66-63-60-57-54-51-48-46-44-42-39-34-32-30-28-26-23-20-17-14-11-8-5-2/h7,9-10,12,16,18-19,21,23,25-27,30-33,39,42,49,52,58,61,72H,4-6,8,11,13-15,17,20,22,24,28-29,34-38,40-41,43-48,50-51,53-57,59-60,62-71H2,1-3H3/b10-7-,12-9-,19-16-,21-18-,26-23-,27-25-,32-30-,33-31-,42-39-,52-49-,61-58-. The van der Waals surface area contributed by atoms with Crippen LogP contribution in [-0.2, 0) is 28.6 Å². The van der Waals surface area contributed by atoms with Gasteiger partial charge in [-0.25, -0.2) is 0 Å². The number of unbranched alkanes of at least 4 members (excludes halogenated alkanes) is 27. The third-order valence-corrected chi connectivity index (χ3v) is 14.1. The summed E-state index contributed by atoms with van der Waals surface area (Å²) in [4.78, 5) is 38.3. The molecule has 0 heterocycles. The Kier molecular flexibility index (Phi) is 64.3. The zero-order valence-electron chi connectivity index (χ0n) is 52.8. The largest absolute Gasteiger partial charge is 0.462 e. The van der Waals surface area contributed by atoms with Crippen LogP contribution >= 0.6 is 0 Å². The van der Waals surface area contributed by atoms with E-state index in [4.69, 9.17) is 14.2 Å². The normalized spacial score (nSPS) is 13.0. The van der Waals surface area contributed by atoms with Crippen molar-refractivity contribution in [2.75, 3.05) is 13.2 Å². The van der Waals surface area contributed by atoms with Gasteiger partial charge in [-0.05, 0) is 122 Å². The van der Waals surface area contributed by atoms with E-state index >= 15 is 0 Å². The fraction of sp³-hybridized carbons (Fsp3) is 0.667. The van der Waals surface area contributed by atoms with Gasteiger partial charge in [-0.15, -0.1) is 0 Å². The van der Waals surface area contributed by atoms with Gasteiger partial charge in [-0.1, -0.05) is 296 Å². The van der Waals surface area contributed by atoms with Crippen LogP contribution in [0.25, 0.3) is 0 Å². The summed E-state index contributed by atoms with van der Waals surface area (Å²) in [6, 6.07) is 0. The highest BCUT2D eigenvalue weighted by atomic mass is 16.6. The Hall–Kier alpha value is -4.45. The van der Waals surface area contributed by atoms with Gasteiger partial charge in [-0.3, -0.25) is 14.4 Å². The van der Waals surface area contributed by atoms with E-state index in [0.29, 0.717) is 19.3 Å². The maximum atomic E-state index is 12.9. The van der Waals surface area contributed by atoms with E-state index in [9.17, 15) is 14.4 Å². The molecule has 81 heavy (non-hydrogen) atoms. The lowest BCUT2D eigenvalue weighted by atomic mass is 10.0. The molecule has 0 fully saturated rings. The Morgan fingerprint density at radius 2 is 0.506 bits per heavy atom. The van der Waals surface area contributed by atoms with E-state index in [0.717, 1.165) is 109 Å². The van der Waals surface area contributed by atoms with Crippen molar-refractivity contribution in [1.82, 2.24) is 0 Å². The number of carbonyl (C=O) groups excluding carboxylic acids is 3. The first-order chi connectivity index (χ1) is 40.0. The minimum absolute atomic E-state index is 0.106. The molecular weight excluding hydrogens is 997 g/mol. The molecule has 460 valence electrons. The molecule has 6 heteroatoms. The number of allylic oxidation sites excluding steroid dienone is 22. The lowest BCUT2D eigenvalue weighted by molar-refractivity contribution is -0.166. The lowest BCUT2D eigenvalue weighted by Gasteiger charge is -2.18. The summed E-state index contributed by atoms with van der Waals surface area (Å²) < 4.78 is 16.9. The first-order valence-electron chi connectivity index (χ1n) is 33.7. The van der Waals surface area contributed by atoms with Crippen molar-refractivity contribution < 1.29 is 28.6 Å². The van der Waals surface area contributed by atoms with Gasteiger partial charge in [0.1, 0.15) is 13.2 Å². The monoisotopic (exact) mass is 1120 g/mol. The molecule has 0 aliphatic heterocycles. The molecule has 0 aromatic carbocycles. The van der Waals surface area contributed by atoms with Gasteiger partial charge in [0.15, 0.2) is 6.10 Å². The van der Waals surface area contributed by atoms with E-state index in [-0.39, 0.29) is 37.5 Å². The highest BCUT2D eigenvalue weighted by Crippen LogP contribution is 2.16. The van der Waals surface area contributed by atoms with Crippen LogP contribution in [0.2, 0.25) is 0 Å². The maximum Gasteiger partial charge on any atom is 0.306 e. The Morgan fingerprint density at radius 3 is 0.827 bits per heavy atom. The molecule has 0 amide bonds. The lowest BCUT2D eigenvalue weighted by Crippen LogP contribution is -2.30. The van der Waals surface area contributed by atoms with Crippen LogP contribution in [0.3, 0.4) is 0 Å². The molecule has 6 nitrogen and oxygen atoms in total. The quantitative estimate of drug-likeness (QED) is 0.0261. The van der Waals surface area contributed by atoms with Gasteiger partial charge < -0.3 is 14.2 Å². The van der Waals surface area contributed by atoms with Crippen molar-refractivity contribution >= 4 is 17.9 Å². The van der Waals surface area contributed by atoms with Crippen LogP contribution in [0, 0.1) is 0 Å². The van der Waals surface area contributed by atoms with Crippen LogP contribution in [0.1, 0.15) is 303 Å². The molecule has 0 bridgehead atoms. The Bertz CT molecular complexity index is 1720. The first kappa shape index (κ1) is 76.5. The predicted octanol–water partition coefficient (Wildman–Crippen LogP) is 23.3. The summed E-state index contributed by atoms with van der Waals surface area (Å²) in [6.45, 7) is 6.35. The molecular formula is C75H124O6. The van der Waals surface area contributed by atoms with Crippen molar-refractivity contribution in [3.63, 3.8) is 0 Å². The van der Waals surface area contributed by atoms with Crippen LogP contribution < -0.4 is 0 Å². The second-order valence-corrected chi connectivity index (χ2v) is 22.0. The fourth-order valence-corrected chi connectivity index (χ4v) is 9.16. The van der Waals surface area contributed by atoms with E-state index in [2.05, 4.69) is 148 Å². The second-order valence-electron chi connectivity index (χ2n) is 22.0. The molecule has 0 saturated heterocycles. The van der Waals surface area contributed by atoms with Gasteiger partial charge in [0.25, 0.3) is 0 Å². The van der Waals surface area contributed by atoms with Crippen molar-refractivity contribution in [3.8, 4) is 0 Å². The van der Waals surface area contributed by atoms with Gasteiger partial charge >= 0.3 is 17.9 Å². The van der Waals surface area contributed by atoms with E-state index < -0.39 is 6.10 Å². The molecule has 0 aromatic rings. The van der Waals surface area contributed by atoms with Crippen molar-refractivity contribution in [2.24, 2.45) is 0 Å². The molecule has 1 unspecified atom stereocenters. The summed E-state index contributed by atoms with van der Waals surface area (Å²) in [7, 11) is 0. The fourth-order valence-electron chi connectivity index (χ4n) is 9.16. The Morgan fingerprint density at radius 1 is 0.259 bits per heavy atom. The minimum Gasteiger partial charge on any atom is -0.462 e. The number of carbonyl (C=O) groups is 3. The average molecular weight is 1120 g/mol. The molecule has 0 rings (SSSR count). The number of hydrogen-bond acceptors (Lipinski definition) is 6. The molecule has 0 N–H and O–H groups in total. The van der Waals surface area contributed by atoms with E-state index in [1.165, 1.54) is 148 Å². The second kappa shape index (κ2) is 68.1. The summed E-state index contributed by atoms with van der Waals surface area (Å²) in [6.07, 6.45) is 96.3. The van der Waals surface area contributed by atoms with Crippen molar-refractivity contribution in [3.05, 3.63) is 134 Å². The predicted molar refractivity (Wildman–Crippen MR) is 353 cm³/mol. The highest BCUT2D eigenvalue weighted by molar-refractivity contribution is 5.71. The Labute approximate surface area is 500 Å². The zero-order chi connectivity index (χ0) is 58.5. The smallest absolute Gasteiger partial charge is 0.306 e. The molecule has 1 atom stereocenters. The van der Waals surface area contributed by atoms with Gasteiger partial charge in [0.2, 0.25) is 0 Å². The van der Waals surface area contributed by atoms with Crippen molar-refractivity contribution in [1.29, 1.82) is 0 Å². The Balaban J connectivity index is 4.35. The number of esters is 3. The molecule has 0 aliphatic rings. The average Bonchev–Trinajstić information content (AvgIpc) is 3.46. The summed E-state index contributed by atoms with van der Waals surface area (Å²) in [5, 5.41) is 0. The van der Waals surface area contributed by atoms with Gasteiger partial charge in [-0.2, -0.15) is 0 Å². The summed E-state index contributed by atoms with van der Waals surface area (Å²) in [5.74, 6) is -0.994. The van der Waals surface area contributed by atoms with Crippen molar-refractivity contribution in [2.45, 2.75) is 309 Å². The molecule has 0 spiro atoms. The summed E-state index contributed by atoms with van der Waals surface area (Å²) in [5.41, 5.74) is 0. The SMILES string of the molecule is CC/C=C\C/C=C\C/C=C\C/C=C\CCCCCCCCCCCCCCCCC(=O)OCC(COC(=O)CC/C=C\C/C=C\C/C=C\C/C=C\CC)OC(=O)CCCCCCCCCC/C=C\C/C=C\C/C=C\CCCCCCC. The topological polar surface area (TPSA) is 78.9 Å². The number of rotatable bonds is 60. The third kappa shape index (κ3) is 66.2. The van der Waals surface area contributed by atoms with Gasteiger partial charge in [0, 0.05) is 19.3 Å². The van der Waals surface area contributed by atoms with E-state index in [1.807, 2.05) is 6.08 Å². The molecule has 0 aromatic heterocycles. The van der Waals surface area contributed by atoms with Crippen LogP contribution in [-0.4, -0.2) is 37.2 Å².